The lowest BCUT2D eigenvalue weighted by Crippen LogP contribution is -2.12. The molecule has 0 spiro atoms. The molecule has 0 unspecified atom stereocenters. The number of hydrogen-bond acceptors (Lipinski definition) is 3. The fraction of sp³-hybridized carbons (Fsp3) is 0.429. The smallest absolute Gasteiger partial charge is 0.144 e. The third kappa shape index (κ3) is 8.93. The van der Waals surface area contributed by atoms with Crippen molar-refractivity contribution < 1.29 is 4.79 Å². The molecule has 0 saturated carbocycles. The Morgan fingerprint density at radius 2 is 2.00 bits per heavy atom. The predicted octanol–water partition coefficient (Wildman–Crippen LogP) is 4.03. The molecule has 100 valence electrons. The van der Waals surface area contributed by atoms with Gasteiger partial charge in [-0.25, -0.2) is 0 Å². The molecule has 3 nitrogen and oxygen atoms in total. The van der Waals surface area contributed by atoms with Crippen molar-refractivity contribution in [2.75, 3.05) is 6.54 Å². The van der Waals surface area contributed by atoms with Crippen LogP contribution in [0.25, 0.3) is 0 Å². The summed E-state index contributed by atoms with van der Waals surface area (Å²) >= 11 is 3.45. The normalized spacial score (nSPS) is 13.6. The van der Waals surface area contributed by atoms with E-state index in [1.165, 1.54) is 6.08 Å². The molecule has 0 amide bonds. The molecule has 0 aromatic heterocycles. The first-order chi connectivity index (χ1) is 8.63. The molecule has 0 fully saturated rings. The van der Waals surface area contributed by atoms with Gasteiger partial charge in [-0.15, -0.1) is 0 Å². The third-order valence-electron chi connectivity index (χ3n) is 2.19. The van der Waals surface area contributed by atoms with Crippen LogP contribution in [0.5, 0.6) is 0 Å². The largest absolute Gasteiger partial charge is 0.299 e. The summed E-state index contributed by atoms with van der Waals surface area (Å²) in [6.45, 7) is 6.75. The van der Waals surface area contributed by atoms with Gasteiger partial charge in [-0.1, -0.05) is 48.0 Å². The zero-order valence-electron chi connectivity index (χ0n) is 11.3. The van der Waals surface area contributed by atoms with E-state index in [-0.39, 0.29) is 0 Å². The van der Waals surface area contributed by atoms with Crippen LogP contribution < -0.4 is 0 Å². The second-order valence-electron chi connectivity index (χ2n) is 3.68. The minimum absolute atomic E-state index is 0.641. The number of aldehydes is 1. The van der Waals surface area contributed by atoms with E-state index in [1.807, 2.05) is 25.2 Å². The second kappa shape index (κ2) is 11.0. The van der Waals surface area contributed by atoms with E-state index in [0.717, 1.165) is 29.3 Å². The summed E-state index contributed by atoms with van der Waals surface area (Å²) in [7, 11) is 0. The zero-order chi connectivity index (χ0) is 13.8. The lowest BCUT2D eigenvalue weighted by atomic mass is 10.3. The molecule has 0 aromatic carbocycles. The van der Waals surface area contributed by atoms with Crippen LogP contribution in [0.1, 0.15) is 33.6 Å². The summed E-state index contributed by atoms with van der Waals surface area (Å²) in [6.07, 6.45) is 11.7. The molecule has 0 atom stereocenters. The number of hydrogen-bond donors (Lipinski definition) is 0. The molecule has 0 aromatic rings. The number of carbonyl (C=O) groups is 1. The highest BCUT2D eigenvalue weighted by Crippen LogP contribution is 2.08. The van der Waals surface area contributed by atoms with Crippen molar-refractivity contribution in [3.63, 3.8) is 0 Å². The maximum absolute atomic E-state index is 10.3. The van der Waals surface area contributed by atoms with Gasteiger partial charge >= 0.3 is 0 Å². The maximum atomic E-state index is 10.3. The maximum Gasteiger partial charge on any atom is 0.144 e. The Morgan fingerprint density at radius 3 is 2.56 bits per heavy atom. The van der Waals surface area contributed by atoms with Crippen LogP contribution in [-0.2, 0) is 4.79 Å². The van der Waals surface area contributed by atoms with Crippen LogP contribution in [-0.4, -0.2) is 23.6 Å². The number of halogens is 1. The van der Waals surface area contributed by atoms with Gasteiger partial charge in [0.25, 0.3) is 0 Å². The van der Waals surface area contributed by atoms with Gasteiger partial charge in [-0.3, -0.25) is 9.80 Å². The Kier molecular flexibility index (Phi) is 10.3. The van der Waals surface area contributed by atoms with E-state index in [1.54, 1.807) is 11.2 Å². The van der Waals surface area contributed by atoms with E-state index in [2.05, 4.69) is 34.9 Å². The molecule has 0 radical (unpaired) electrons. The average molecular weight is 313 g/mol. The molecule has 4 heteroatoms. The Bertz CT molecular complexity index is 357. The molecular formula is C14H21BrN2O. The number of nitrogens with zero attached hydrogens (tertiary/aromatic N) is 2. The molecule has 0 rings (SSSR count). The monoisotopic (exact) mass is 312 g/mol. The highest BCUT2D eigenvalue weighted by Gasteiger charge is 1.94. The van der Waals surface area contributed by atoms with Crippen molar-refractivity contribution in [2.24, 2.45) is 5.10 Å². The predicted molar refractivity (Wildman–Crippen MR) is 81.8 cm³/mol. The van der Waals surface area contributed by atoms with Gasteiger partial charge in [0.05, 0.1) is 6.54 Å². The first-order valence-electron chi connectivity index (χ1n) is 6.07. The van der Waals surface area contributed by atoms with Gasteiger partial charge in [0.1, 0.15) is 6.29 Å². The van der Waals surface area contributed by atoms with Crippen LogP contribution in [0, 0.1) is 0 Å². The molecule has 0 saturated heterocycles. The molecule has 18 heavy (non-hydrogen) atoms. The summed E-state index contributed by atoms with van der Waals surface area (Å²) in [6, 6.07) is 0. The highest BCUT2D eigenvalue weighted by atomic mass is 79.9. The highest BCUT2D eigenvalue weighted by molar-refractivity contribution is 9.11. The minimum atomic E-state index is 0.641. The Balaban J connectivity index is 4.51. The first-order valence-corrected chi connectivity index (χ1v) is 6.87. The van der Waals surface area contributed by atoms with Gasteiger partial charge in [0.15, 0.2) is 0 Å². The standard InChI is InChI=1S/C14H21BrN2O/c1-4-13(3)16-17(11-8-12-18)10-7-6-9-14(15)5-2/h6-9,11-12H,4-5,10H2,1-3H3/b7-6-,11-8-,14-9+,16-13+. The third-order valence-corrected chi connectivity index (χ3v) is 3.02. The summed E-state index contributed by atoms with van der Waals surface area (Å²) < 4.78 is 1.15. The van der Waals surface area contributed by atoms with Crippen molar-refractivity contribution in [3.05, 3.63) is 35.0 Å². The molecule has 0 aliphatic heterocycles. The fourth-order valence-electron chi connectivity index (χ4n) is 1.02. The molecule has 0 aliphatic carbocycles. The Labute approximate surface area is 118 Å². The summed E-state index contributed by atoms with van der Waals surface area (Å²) in [5.41, 5.74) is 1.03. The lowest BCUT2D eigenvalue weighted by Gasteiger charge is -2.12. The fourth-order valence-corrected chi connectivity index (χ4v) is 1.17. The van der Waals surface area contributed by atoms with Crippen molar-refractivity contribution in [1.82, 2.24) is 5.01 Å². The van der Waals surface area contributed by atoms with Crippen LogP contribution in [0.3, 0.4) is 0 Å². The van der Waals surface area contributed by atoms with E-state index >= 15 is 0 Å². The van der Waals surface area contributed by atoms with E-state index in [9.17, 15) is 4.79 Å². The van der Waals surface area contributed by atoms with Crippen LogP contribution in [0.2, 0.25) is 0 Å². The van der Waals surface area contributed by atoms with Crippen molar-refractivity contribution in [2.45, 2.75) is 33.6 Å². The number of allylic oxidation sites excluding steroid dienone is 4. The van der Waals surface area contributed by atoms with E-state index in [0.29, 0.717) is 6.54 Å². The SMILES string of the molecule is CC/C(Br)=C\C=C/CN(/C=C\C=O)/N=C(\C)CC. The van der Waals surface area contributed by atoms with Crippen molar-refractivity contribution >= 4 is 27.9 Å². The van der Waals surface area contributed by atoms with Crippen LogP contribution in [0.4, 0.5) is 0 Å². The first kappa shape index (κ1) is 16.8. The van der Waals surface area contributed by atoms with E-state index < -0.39 is 0 Å². The topological polar surface area (TPSA) is 32.7 Å². The quantitative estimate of drug-likeness (QED) is 0.223. The summed E-state index contributed by atoms with van der Waals surface area (Å²) in [5, 5.41) is 6.14. The Morgan fingerprint density at radius 1 is 1.28 bits per heavy atom. The zero-order valence-corrected chi connectivity index (χ0v) is 12.9. The second-order valence-corrected chi connectivity index (χ2v) is 4.70. The minimum Gasteiger partial charge on any atom is -0.299 e. The molecular weight excluding hydrogens is 292 g/mol. The van der Waals surface area contributed by atoms with Gasteiger partial charge in [-0.2, -0.15) is 5.10 Å². The van der Waals surface area contributed by atoms with Crippen LogP contribution >= 0.6 is 15.9 Å². The number of carbonyl (C=O) groups excluding carboxylic acids is 1. The Hall–Kier alpha value is -1.16. The molecule has 0 bridgehead atoms. The number of hydrazone groups is 1. The van der Waals surface area contributed by atoms with Gasteiger partial charge in [0, 0.05) is 11.9 Å². The molecule has 0 N–H and O–H groups in total. The summed E-state index contributed by atoms with van der Waals surface area (Å²) in [5.74, 6) is 0. The van der Waals surface area contributed by atoms with Crippen molar-refractivity contribution in [3.8, 4) is 0 Å². The lowest BCUT2D eigenvalue weighted by molar-refractivity contribution is -0.104. The number of rotatable bonds is 8. The molecule has 0 heterocycles. The molecule has 0 aliphatic rings. The van der Waals surface area contributed by atoms with Crippen molar-refractivity contribution in [1.29, 1.82) is 0 Å². The summed E-state index contributed by atoms with van der Waals surface area (Å²) in [4.78, 5) is 10.3. The van der Waals surface area contributed by atoms with Crippen LogP contribution in [0.15, 0.2) is 40.1 Å². The van der Waals surface area contributed by atoms with E-state index in [4.69, 9.17) is 0 Å². The van der Waals surface area contributed by atoms with Gasteiger partial charge < -0.3 is 0 Å². The van der Waals surface area contributed by atoms with Gasteiger partial charge in [0.2, 0.25) is 0 Å². The van der Waals surface area contributed by atoms with Gasteiger partial charge in [-0.05, 0) is 30.3 Å². The average Bonchev–Trinajstić information content (AvgIpc) is 2.39.